The summed E-state index contributed by atoms with van der Waals surface area (Å²) in [5.41, 5.74) is 2.39. The van der Waals surface area contributed by atoms with Gasteiger partial charge in [0.05, 0.1) is 29.9 Å². The second kappa shape index (κ2) is 7.76. The Hall–Kier alpha value is -2.24. The van der Waals surface area contributed by atoms with E-state index < -0.39 is 0 Å². The molecule has 1 amide bonds. The minimum Gasteiger partial charge on any atom is -0.326 e. The summed E-state index contributed by atoms with van der Waals surface area (Å²) < 4.78 is 13.9. The smallest absolute Gasteiger partial charge is 0.297 e. The van der Waals surface area contributed by atoms with E-state index >= 15 is 0 Å². The number of amides is 1. The van der Waals surface area contributed by atoms with Crippen LogP contribution < -0.4 is 4.90 Å². The van der Waals surface area contributed by atoms with E-state index in [0.29, 0.717) is 23.7 Å². The summed E-state index contributed by atoms with van der Waals surface area (Å²) >= 11 is 6.05. The van der Waals surface area contributed by atoms with Gasteiger partial charge in [-0.3, -0.25) is 4.79 Å². The molecule has 1 heterocycles. The zero-order chi connectivity index (χ0) is 17.8. The van der Waals surface area contributed by atoms with Crippen LogP contribution in [0, 0.1) is 5.82 Å². The van der Waals surface area contributed by atoms with Gasteiger partial charge in [-0.2, -0.15) is 5.10 Å². The standard InChI is InChI=1S/C19H19ClFN3O/c1-23(12-15-16(20)8-5-9-17(15)21)13-19(25)24-11-10-18(22-24)14-6-3-2-4-7-14/h2-9H,10-13H2,1H3/p+1. The Labute approximate surface area is 151 Å². The van der Waals surface area contributed by atoms with Crippen molar-refractivity contribution in [3.63, 3.8) is 0 Å². The highest BCUT2D eigenvalue weighted by Gasteiger charge is 2.24. The number of hydrogen-bond donors (Lipinski definition) is 1. The van der Waals surface area contributed by atoms with Crippen molar-refractivity contribution >= 4 is 23.2 Å². The molecule has 1 unspecified atom stereocenters. The number of nitrogens with zero attached hydrogens (tertiary/aromatic N) is 2. The molecule has 1 aliphatic heterocycles. The van der Waals surface area contributed by atoms with E-state index in [1.165, 1.54) is 11.1 Å². The van der Waals surface area contributed by atoms with Gasteiger partial charge in [-0.1, -0.05) is 48.0 Å². The van der Waals surface area contributed by atoms with E-state index in [0.717, 1.165) is 22.6 Å². The lowest BCUT2D eigenvalue weighted by atomic mass is 10.1. The van der Waals surface area contributed by atoms with Gasteiger partial charge in [0, 0.05) is 6.42 Å². The molecule has 0 radical (unpaired) electrons. The zero-order valence-electron chi connectivity index (χ0n) is 14.0. The van der Waals surface area contributed by atoms with E-state index in [2.05, 4.69) is 5.10 Å². The number of quaternary nitrogens is 1. The molecule has 1 atom stereocenters. The predicted molar refractivity (Wildman–Crippen MR) is 96.2 cm³/mol. The van der Waals surface area contributed by atoms with Gasteiger partial charge in [0.15, 0.2) is 6.54 Å². The number of nitrogens with one attached hydrogen (secondary N) is 1. The van der Waals surface area contributed by atoms with Gasteiger partial charge in [-0.05, 0) is 17.7 Å². The first-order valence-electron chi connectivity index (χ1n) is 8.22. The molecule has 0 saturated carbocycles. The number of likely N-dealkylation sites (N-methyl/N-ethyl adjacent to an activating group) is 1. The molecule has 0 spiro atoms. The molecule has 6 heteroatoms. The highest BCUT2D eigenvalue weighted by Crippen LogP contribution is 2.17. The maximum atomic E-state index is 13.9. The van der Waals surface area contributed by atoms with Gasteiger partial charge in [-0.25, -0.2) is 9.40 Å². The van der Waals surface area contributed by atoms with Crippen LogP contribution in [-0.2, 0) is 11.3 Å². The summed E-state index contributed by atoms with van der Waals surface area (Å²) in [5, 5.41) is 6.34. The quantitative estimate of drug-likeness (QED) is 0.871. The van der Waals surface area contributed by atoms with Crippen molar-refractivity contribution in [3.8, 4) is 0 Å². The summed E-state index contributed by atoms with van der Waals surface area (Å²) in [6, 6.07) is 14.5. The molecule has 25 heavy (non-hydrogen) atoms. The number of benzene rings is 2. The molecule has 1 N–H and O–H groups in total. The summed E-state index contributed by atoms with van der Waals surface area (Å²) in [7, 11) is 1.85. The molecule has 0 fully saturated rings. The fourth-order valence-electron chi connectivity index (χ4n) is 2.89. The number of carbonyl (C=O) groups excluding carboxylic acids is 1. The second-order valence-corrected chi connectivity index (χ2v) is 6.60. The number of hydrogen-bond acceptors (Lipinski definition) is 2. The third-order valence-electron chi connectivity index (χ3n) is 4.19. The van der Waals surface area contributed by atoms with Crippen molar-refractivity contribution < 1.29 is 14.1 Å². The Kier molecular flexibility index (Phi) is 5.46. The van der Waals surface area contributed by atoms with Gasteiger partial charge in [0.25, 0.3) is 5.91 Å². The molecule has 0 aliphatic carbocycles. The van der Waals surface area contributed by atoms with E-state index in [4.69, 9.17) is 11.6 Å². The Balaban J connectivity index is 1.62. The Morgan fingerprint density at radius 1 is 1.24 bits per heavy atom. The van der Waals surface area contributed by atoms with Gasteiger partial charge in [-0.15, -0.1) is 0 Å². The largest absolute Gasteiger partial charge is 0.326 e. The lowest BCUT2D eigenvalue weighted by Crippen LogP contribution is -3.08. The number of rotatable bonds is 5. The first-order valence-corrected chi connectivity index (χ1v) is 8.60. The number of hydrazone groups is 1. The van der Waals surface area contributed by atoms with E-state index in [-0.39, 0.29) is 18.3 Å². The molecule has 4 nitrogen and oxygen atoms in total. The van der Waals surface area contributed by atoms with Gasteiger partial charge in [0.1, 0.15) is 12.4 Å². The maximum Gasteiger partial charge on any atom is 0.297 e. The minimum absolute atomic E-state index is 0.0732. The predicted octanol–water partition coefficient (Wildman–Crippen LogP) is 2.13. The van der Waals surface area contributed by atoms with Crippen LogP contribution in [0.1, 0.15) is 17.5 Å². The second-order valence-electron chi connectivity index (χ2n) is 6.19. The van der Waals surface area contributed by atoms with Crippen LogP contribution in [0.3, 0.4) is 0 Å². The molecule has 0 saturated heterocycles. The first kappa shape index (κ1) is 17.6. The Morgan fingerprint density at radius 2 is 2.00 bits per heavy atom. The van der Waals surface area contributed by atoms with E-state index in [9.17, 15) is 9.18 Å². The van der Waals surface area contributed by atoms with Gasteiger partial charge in [0.2, 0.25) is 0 Å². The average Bonchev–Trinajstić information content (AvgIpc) is 3.09. The van der Waals surface area contributed by atoms with Crippen LogP contribution in [0.4, 0.5) is 4.39 Å². The molecule has 2 aromatic rings. The first-order chi connectivity index (χ1) is 12.0. The van der Waals surface area contributed by atoms with Crippen LogP contribution in [0.5, 0.6) is 0 Å². The maximum absolute atomic E-state index is 13.9. The third-order valence-corrected chi connectivity index (χ3v) is 4.54. The minimum atomic E-state index is -0.343. The number of halogens is 2. The van der Waals surface area contributed by atoms with Crippen molar-refractivity contribution in [1.82, 2.24) is 5.01 Å². The van der Waals surface area contributed by atoms with Crippen LogP contribution in [-0.4, -0.2) is 36.8 Å². The van der Waals surface area contributed by atoms with Crippen molar-refractivity contribution in [1.29, 1.82) is 0 Å². The molecular weight excluding hydrogens is 341 g/mol. The highest BCUT2D eigenvalue weighted by molar-refractivity contribution is 6.31. The fraction of sp³-hybridized carbons (Fsp3) is 0.263. The molecule has 0 bridgehead atoms. The summed E-state index contributed by atoms with van der Waals surface area (Å²) in [6.45, 7) is 1.16. The van der Waals surface area contributed by atoms with Crippen molar-refractivity contribution in [2.75, 3.05) is 20.1 Å². The molecule has 1 aliphatic rings. The summed E-state index contributed by atoms with van der Waals surface area (Å²) in [6.07, 6.45) is 0.744. The highest BCUT2D eigenvalue weighted by atomic mass is 35.5. The molecule has 3 rings (SSSR count). The van der Waals surface area contributed by atoms with Gasteiger partial charge < -0.3 is 4.90 Å². The average molecular weight is 361 g/mol. The normalized spacial score (nSPS) is 15.2. The van der Waals surface area contributed by atoms with Crippen LogP contribution >= 0.6 is 11.6 Å². The summed E-state index contributed by atoms with van der Waals surface area (Å²) in [5.74, 6) is -0.416. The van der Waals surface area contributed by atoms with E-state index in [1.54, 1.807) is 12.1 Å². The summed E-state index contributed by atoms with van der Waals surface area (Å²) in [4.78, 5) is 13.3. The topological polar surface area (TPSA) is 37.1 Å². The van der Waals surface area contributed by atoms with Crippen LogP contribution in [0.25, 0.3) is 0 Å². The molecule has 130 valence electrons. The van der Waals surface area contributed by atoms with Gasteiger partial charge >= 0.3 is 0 Å². The Bertz CT molecular complexity index is 774. The lowest BCUT2D eigenvalue weighted by molar-refractivity contribution is -0.885. The molecular formula is C19H20ClFN3O+. The lowest BCUT2D eigenvalue weighted by Gasteiger charge is -2.17. The third kappa shape index (κ3) is 4.24. The fourth-order valence-corrected chi connectivity index (χ4v) is 3.12. The monoisotopic (exact) mass is 360 g/mol. The van der Waals surface area contributed by atoms with Crippen LogP contribution in [0.2, 0.25) is 5.02 Å². The SMILES string of the molecule is C[NH+](CC(=O)N1CCC(c2ccccc2)=N1)Cc1c(F)cccc1Cl. The molecule has 2 aromatic carbocycles. The van der Waals surface area contributed by atoms with Crippen molar-refractivity contribution in [3.05, 3.63) is 70.5 Å². The number of carbonyl (C=O) groups is 1. The van der Waals surface area contributed by atoms with Crippen molar-refractivity contribution in [2.24, 2.45) is 5.10 Å². The Morgan fingerprint density at radius 3 is 2.72 bits per heavy atom. The van der Waals surface area contributed by atoms with Crippen molar-refractivity contribution in [2.45, 2.75) is 13.0 Å². The zero-order valence-corrected chi connectivity index (χ0v) is 14.8. The van der Waals surface area contributed by atoms with E-state index in [1.807, 2.05) is 37.4 Å². The molecule has 0 aromatic heterocycles. The van der Waals surface area contributed by atoms with Crippen LogP contribution in [0.15, 0.2) is 53.6 Å².